The maximum atomic E-state index is 12.9. The quantitative estimate of drug-likeness (QED) is 0.764. The lowest BCUT2D eigenvalue weighted by Gasteiger charge is -2.44. The van der Waals surface area contributed by atoms with Crippen molar-refractivity contribution in [2.75, 3.05) is 45.2 Å². The number of amides is 2. The summed E-state index contributed by atoms with van der Waals surface area (Å²) in [6, 6.07) is 0.765. The summed E-state index contributed by atoms with van der Waals surface area (Å²) in [6.07, 6.45) is 1.70. The normalized spacial score (nSPS) is 25.3. The standard InChI is InChI=1S/C16H24N4O4S/c1-11-12(4-5-17-11)16(22)20-7-6-19(15(21)8-18(2)3)13-9-25(23,24)10-14(13)20/h4-5,13-14,17H,6-10H2,1-3H3/t13-,14+/m0/s1. The number of aromatic amines is 1. The highest BCUT2D eigenvalue weighted by Crippen LogP contribution is 2.28. The molecule has 0 spiro atoms. The Morgan fingerprint density at radius 3 is 2.36 bits per heavy atom. The average molecular weight is 368 g/mol. The highest BCUT2D eigenvalue weighted by Gasteiger charge is 2.49. The Kier molecular flexibility index (Phi) is 4.63. The van der Waals surface area contributed by atoms with Gasteiger partial charge >= 0.3 is 0 Å². The minimum atomic E-state index is -3.28. The Hall–Kier alpha value is -1.87. The third kappa shape index (κ3) is 3.43. The van der Waals surface area contributed by atoms with Crippen LogP contribution in [-0.2, 0) is 14.6 Å². The number of aromatic nitrogens is 1. The fourth-order valence-electron chi connectivity index (χ4n) is 3.72. The molecule has 2 aliphatic heterocycles. The van der Waals surface area contributed by atoms with Crippen molar-refractivity contribution in [3.63, 3.8) is 0 Å². The Morgan fingerprint density at radius 1 is 1.20 bits per heavy atom. The Morgan fingerprint density at radius 2 is 1.80 bits per heavy atom. The first-order valence-electron chi connectivity index (χ1n) is 8.29. The van der Waals surface area contributed by atoms with E-state index in [0.29, 0.717) is 18.7 Å². The van der Waals surface area contributed by atoms with E-state index < -0.39 is 21.9 Å². The van der Waals surface area contributed by atoms with E-state index in [1.54, 1.807) is 41.1 Å². The molecule has 2 saturated heterocycles. The number of likely N-dealkylation sites (N-methyl/N-ethyl adjacent to an activating group) is 1. The summed E-state index contributed by atoms with van der Waals surface area (Å²) in [7, 11) is 0.323. The first-order chi connectivity index (χ1) is 11.7. The molecule has 0 aliphatic carbocycles. The molecule has 0 aromatic carbocycles. The summed E-state index contributed by atoms with van der Waals surface area (Å²) < 4.78 is 24.4. The van der Waals surface area contributed by atoms with Crippen molar-refractivity contribution >= 4 is 21.7 Å². The van der Waals surface area contributed by atoms with Crippen LogP contribution in [0.15, 0.2) is 12.3 Å². The summed E-state index contributed by atoms with van der Waals surface area (Å²) in [5, 5.41) is 0. The van der Waals surface area contributed by atoms with Gasteiger partial charge in [-0.3, -0.25) is 9.59 Å². The second kappa shape index (κ2) is 6.45. The van der Waals surface area contributed by atoms with Crippen molar-refractivity contribution in [2.45, 2.75) is 19.0 Å². The lowest BCUT2D eigenvalue weighted by molar-refractivity contribution is -0.136. The number of piperazine rings is 1. The lowest BCUT2D eigenvalue weighted by Crippen LogP contribution is -2.62. The number of nitrogens with zero attached hydrogens (tertiary/aromatic N) is 3. The number of nitrogens with one attached hydrogen (secondary N) is 1. The molecule has 0 bridgehead atoms. The van der Waals surface area contributed by atoms with Crippen molar-refractivity contribution < 1.29 is 18.0 Å². The molecule has 1 aromatic heterocycles. The zero-order chi connectivity index (χ0) is 18.4. The van der Waals surface area contributed by atoms with Gasteiger partial charge in [0.25, 0.3) is 5.91 Å². The molecule has 2 aliphatic rings. The van der Waals surface area contributed by atoms with Crippen LogP contribution in [0.3, 0.4) is 0 Å². The molecule has 2 amide bonds. The third-order valence-corrected chi connectivity index (χ3v) is 6.59. The highest BCUT2D eigenvalue weighted by molar-refractivity contribution is 7.91. The number of fused-ring (bicyclic) bond motifs is 1. The fourth-order valence-corrected chi connectivity index (χ4v) is 5.70. The molecule has 138 valence electrons. The molecule has 0 unspecified atom stereocenters. The van der Waals surface area contributed by atoms with Gasteiger partial charge < -0.3 is 19.7 Å². The molecule has 3 rings (SSSR count). The average Bonchev–Trinajstić information content (AvgIpc) is 3.06. The molecule has 2 fully saturated rings. The van der Waals surface area contributed by atoms with Crippen LogP contribution < -0.4 is 0 Å². The summed E-state index contributed by atoms with van der Waals surface area (Å²) in [6.45, 7) is 2.75. The number of sulfone groups is 1. The van der Waals surface area contributed by atoms with E-state index in [1.807, 2.05) is 6.92 Å². The second-order valence-corrected chi connectivity index (χ2v) is 9.21. The number of carbonyl (C=O) groups excluding carboxylic acids is 2. The number of hydrogen-bond donors (Lipinski definition) is 1. The van der Waals surface area contributed by atoms with E-state index in [-0.39, 0.29) is 29.9 Å². The van der Waals surface area contributed by atoms with E-state index in [9.17, 15) is 18.0 Å². The zero-order valence-corrected chi connectivity index (χ0v) is 15.5. The molecule has 1 aromatic rings. The topological polar surface area (TPSA) is 93.8 Å². The van der Waals surface area contributed by atoms with Crippen LogP contribution in [0.5, 0.6) is 0 Å². The van der Waals surface area contributed by atoms with Gasteiger partial charge in [-0.25, -0.2) is 8.42 Å². The predicted molar refractivity (Wildman–Crippen MR) is 93.1 cm³/mol. The number of aryl methyl sites for hydroxylation is 1. The summed E-state index contributed by atoms with van der Waals surface area (Å²) in [5.74, 6) is -0.432. The van der Waals surface area contributed by atoms with Crippen molar-refractivity contribution in [3.05, 3.63) is 23.5 Å². The minimum Gasteiger partial charge on any atom is -0.365 e. The van der Waals surface area contributed by atoms with Gasteiger partial charge in [0, 0.05) is 25.0 Å². The van der Waals surface area contributed by atoms with Crippen molar-refractivity contribution in [2.24, 2.45) is 0 Å². The maximum absolute atomic E-state index is 12.9. The van der Waals surface area contributed by atoms with Crippen LogP contribution in [0.1, 0.15) is 16.1 Å². The molecule has 3 heterocycles. The van der Waals surface area contributed by atoms with Gasteiger partial charge in [0.2, 0.25) is 5.91 Å². The maximum Gasteiger partial charge on any atom is 0.256 e. The van der Waals surface area contributed by atoms with E-state index >= 15 is 0 Å². The second-order valence-electron chi connectivity index (χ2n) is 7.05. The van der Waals surface area contributed by atoms with Crippen LogP contribution >= 0.6 is 0 Å². The van der Waals surface area contributed by atoms with Crippen molar-refractivity contribution in [1.82, 2.24) is 19.7 Å². The highest BCUT2D eigenvalue weighted by atomic mass is 32.2. The molecule has 9 heteroatoms. The van der Waals surface area contributed by atoms with Gasteiger partial charge in [-0.05, 0) is 27.1 Å². The fraction of sp³-hybridized carbons (Fsp3) is 0.625. The van der Waals surface area contributed by atoms with E-state index in [0.717, 1.165) is 5.69 Å². The number of H-pyrrole nitrogens is 1. The molecule has 2 atom stereocenters. The molecule has 0 saturated carbocycles. The summed E-state index contributed by atoms with van der Waals surface area (Å²) in [5.41, 5.74) is 1.31. The molecule has 0 radical (unpaired) electrons. The zero-order valence-electron chi connectivity index (χ0n) is 14.7. The molecule has 1 N–H and O–H groups in total. The smallest absolute Gasteiger partial charge is 0.256 e. The Bertz CT molecular complexity index is 786. The SMILES string of the molecule is Cc1[nH]ccc1C(=O)N1CCN(C(=O)CN(C)C)[C@H]2CS(=O)(=O)C[C@H]21. The van der Waals surface area contributed by atoms with Crippen LogP contribution in [0.4, 0.5) is 0 Å². The van der Waals surface area contributed by atoms with Crippen LogP contribution in [0.2, 0.25) is 0 Å². The molecular weight excluding hydrogens is 344 g/mol. The van der Waals surface area contributed by atoms with Crippen molar-refractivity contribution in [3.8, 4) is 0 Å². The van der Waals surface area contributed by atoms with E-state index in [4.69, 9.17) is 0 Å². The first kappa shape index (κ1) is 17.9. The third-order valence-electron chi connectivity index (χ3n) is 4.89. The lowest BCUT2D eigenvalue weighted by atomic mass is 10.0. The number of rotatable bonds is 3. The monoisotopic (exact) mass is 368 g/mol. The van der Waals surface area contributed by atoms with Gasteiger partial charge in [-0.2, -0.15) is 0 Å². The van der Waals surface area contributed by atoms with Gasteiger partial charge in [-0.1, -0.05) is 0 Å². The largest absolute Gasteiger partial charge is 0.365 e. The number of hydrogen-bond acceptors (Lipinski definition) is 5. The van der Waals surface area contributed by atoms with Gasteiger partial charge in [0.05, 0.1) is 35.7 Å². The van der Waals surface area contributed by atoms with Gasteiger partial charge in [-0.15, -0.1) is 0 Å². The minimum absolute atomic E-state index is 0.0767. The molecule has 25 heavy (non-hydrogen) atoms. The predicted octanol–water partition coefficient (Wildman–Crippen LogP) is -0.665. The Labute approximate surface area is 147 Å². The van der Waals surface area contributed by atoms with Crippen LogP contribution in [-0.4, -0.2) is 97.2 Å². The van der Waals surface area contributed by atoms with E-state index in [2.05, 4.69) is 4.98 Å². The van der Waals surface area contributed by atoms with Crippen LogP contribution in [0, 0.1) is 6.92 Å². The van der Waals surface area contributed by atoms with Crippen molar-refractivity contribution in [1.29, 1.82) is 0 Å². The number of carbonyl (C=O) groups is 2. The van der Waals surface area contributed by atoms with Gasteiger partial charge in [0.1, 0.15) is 0 Å². The van der Waals surface area contributed by atoms with Gasteiger partial charge in [0.15, 0.2) is 9.84 Å². The molecule has 8 nitrogen and oxygen atoms in total. The van der Waals surface area contributed by atoms with E-state index in [1.165, 1.54) is 0 Å². The van der Waals surface area contributed by atoms with Crippen LogP contribution in [0.25, 0.3) is 0 Å². The molecular formula is C16H24N4O4S. The first-order valence-corrected chi connectivity index (χ1v) is 10.1. The summed E-state index contributed by atoms with van der Waals surface area (Å²) in [4.78, 5) is 33.4. The summed E-state index contributed by atoms with van der Waals surface area (Å²) >= 11 is 0. The Balaban J connectivity index is 1.87.